The van der Waals surface area contributed by atoms with Gasteiger partial charge in [0.25, 0.3) is 18.2 Å². The number of fused-ring (bicyclic) bond motifs is 1. The van der Waals surface area contributed by atoms with Gasteiger partial charge in [-0.2, -0.15) is 5.26 Å². The van der Waals surface area contributed by atoms with Crippen LogP contribution < -0.4 is 0 Å². The third kappa shape index (κ3) is 2.93. The first kappa shape index (κ1) is 18.4. The maximum absolute atomic E-state index is 13.3. The molecule has 0 fully saturated rings. The maximum Gasteiger partial charge on any atom is 0.299 e. The Balaban J connectivity index is 1.79. The molecular weight excluding hydrogens is 382 g/mol. The Hall–Kier alpha value is -4.00. The number of nitrogens with zero attached hydrogens (tertiary/aromatic N) is 6. The van der Waals surface area contributed by atoms with Crippen molar-refractivity contribution in [3.8, 4) is 11.8 Å². The zero-order valence-corrected chi connectivity index (χ0v) is 15.0. The second kappa shape index (κ2) is 6.87. The fourth-order valence-electron chi connectivity index (χ4n) is 3.15. The molecule has 2 aromatic heterocycles. The molecule has 1 aromatic carbocycles. The summed E-state index contributed by atoms with van der Waals surface area (Å²) in [5, 5.41) is 12.7. The van der Waals surface area contributed by atoms with E-state index in [1.807, 2.05) is 6.07 Å². The Kier molecular flexibility index (Phi) is 4.35. The van der Waals surface area contributed by atoms with E-state index < -0.39 is 30.1 Å². The fourth-order valence-corrected chi connectivity index (χ4v) is 3.15. The number of aromatic nitrogens is 4. The van der Waals surface area contributed by atoms with Gasteiger partial charge in [-0.3, -0.25) is 14.5 Å². The summed E-state index contributed by atoms with van der Waals surface area (Å²) in [5.41, 5.74) is 0.883. The molecular formula is C19H12F2N6O2. The number of hydrogen-bond acceptors (Lipinski definition) is 6. The second-order valence-corrected chi connectivity index (χ2v) is 6.26. The Morgan fingerprint density at radius 2 is 1.72 bits per heavy atom. The molecule has 4 rings (SSSR count). The van der Waals surface area contributed by atoms with Crippen molar-refractivity contribution in [3.63, 3.8) is 0 Å². The van der Waals surface area contributed by atoms with Crippen molar-refractivity contribution in [2.45, 2.75) is 19.4 Å². The quantitative estimate of drug-likeness (QED) is 0.630. The van der Waals surface area contributed by atoms with Crippen LogP contribution in [0.3, 0.4) is 0 Å². The van der Waals surface area contributed by atoms with Gasteiger partial charge in [0.2, 0.25) is 5.82 Å². The third-order valence-electron chi connectivity index (χ3n) is 4.54. The highest BCUT2D eigenvalue weighted by Gasteiger charge is 2.40. The van der Waals surface area contributed by atoms with E-state index in [0.29, 0.717) is 0 Å². The first-order valence-corrected chi connectivity index (χ1v) is 8.50. The molecule has 0 bridgehead atoms. The number of imide groups is 1. The van der Waals surface area contributed by atoms with Crippen LogP contribution in [0.15, 0.2) is 42.6 Å². The summed E-state index contributed by atoms with van der Waals surface area (Å²) < 4.78 is 27.6. The number of hydrogen-bond donors (Lipinski definition) is 0. The van der Waals surface area contributed by atoms with Gasteiger partial charge in [0.15, 0.2) is 5.82 Å². The minimum Gasteiger partial charge on any atom is -0.269 e. The molecule has 144 valence electrons. The number of benzene rings is 1. The SMILES string of the molecule is CC(c1nc(C(F)F)nn1-c1ccc(C#N)nc1)N1C(=O)c2ccccc2C1=O. The van der Waals surface area contributed by atoms with Gasteiger partial charge in [0.1, 0.15) is 11.8 Å². The van der Waals surface area contributed by atoms with Crippen molar-refractivity contribution in [1.82, 2.24) is 24.6 Å². The molecule has 1 unspecified atom stereocenters. The van der Waals surface area contributed by atoms with E-state index in [9.17, 15) is 18.4 Å². The molecule has 2 amide bonds. The van der Waals surface area contributed by atoms with Gasteiger partial charge in [0.05, 0.1) is 29.1 Å². The predicted octanol–water partition coefficient (Wildman–Crippen LogP) is 2.83. The summed E-state index contributed by atoms with van der Waals surface area (Å²) in [5.74, 6) is -1.84. The fraction of sp³-hybridized carbons (Fsp3) is 0.158. The van der Waals surface area contributed by atoms with E-state index >= 15 is 0 Å². The number of nitriles is 1. The lowest BCUT2D eigenvalue weighted by atomic mass is 10.1. The molecule has 8 nitrogen and oxygen atoms in total. The molecule has 0 aliphatic carbocycles. The van der Waals surface area contributed by atoms with Crippen molar-refractivity contribution < 1.29 is 18.4 Å². The number of pyridine rings is 1. The van der Waals surface area contributed by atoms with E-state index in [0.717, 1.165) is 9.58 Å². The van der Waals surface area contributed by atoms with Crippen molar-refractivity contribution >= 4 is 11.8 Å². The molecule has 10 heteroatoms. The van der Waals surface area contributed by atoms with E-state index in [4.69, 9.17) is 5.26 Å². The summed E-state index contributed by atoms with van der Waals surface area (Å²) in [6.07, 6.45) is -1.67. The molecule has 0 saturated heterocycles. The van der Waals surface area contributed by atoms with Gasteiger partial charge < -0.3 is 0 Å². The summed E-state index contributed by atoms with van der Waals surface area (Å²) in [6.45, 7) is 1.51. The Bertz CT molecular complexity index is 1130. The number of carbonyl (C=O) groups is 2. The van der Waals surface area contributed by atoms with Crippen LogP contribution >= 0.6 is 0 Å². The average Bonchev–Trinajstić information content (AvgIpc) is 3.29. The Morgan fingerprint density at radius 3 is 2.24 bits per heavy atom. The monoisotopic (exact) mass is 394 g/mol. The number of amides is 2. The van der Waals surface area contributed by atoms with Crippen molar-refractivity contribution in [3.05, 3.63) is 71.1 Å². The molecule has 0 saturated carbocycles. The van der Waals surface area contributed by atoms with Crippen LogP contribution in [0.25, 0.3) is 5.69 Å². The Morgan fingerprint density at radius 1 is 1.07 bits per heavy atom. The van der Waals surface area contributed by atoms with Crippen molar-refractivity contribution in [2.24, 2.45) is 0 Å². The average molecular weight is 394 g/mol. The number of alkyl halides is 2. The lowest BCUT2D eigenvalue weighted by Crippen LogP contribution is -2.34. The van der Waals surface area contributed by atoms with E-state index in [1.54, 1.807) is 12.1 Å². The van der Waals surface area contributed by atoms with Gasteiger partial charge in [-0.25, -0.2) is 23.4 Å². The molecule has 29 heavy (non-hydrogen) atoms. The third-order valence-corrected chi connectivity index (χ3v) is 4.54. The number of rotatable bonds is 4. The highest BCUT2D eigenvalue weighted by Crippen LogP contribution is 2.32. The summed E-state index contributed by atoms with van der Waals surface area (Å²) in [4.78, 5) is 34.2. The smallest absolute Gasteiger partial charge is 0.269 e. The van der Waals surface area contributed by atoms with Crippen LogP contribution in [-0.4, -0.2) is 36.5 Å². The summed E-state index contributed by atoms with van der Waals surface area (Å²) in [6, 6.07) is 10.1. The molecule has 1 aliphatic rings. The first-order chi connectivity index (χ1) is 13.9. The number of carbonyl (C=O) groups excluding carboxylic acids is 2. The molecule has 0 spiro atoms. The summed E-state index contributed by atoms with van der Waals surface area (Å²) in [7, 11) is 0. The number of halogens is 2. The molecule has 3 aromatic rings. The zero-order valence-electron chi connectivity index (χ0n) is 15.0. The van der Waals surface area contributed by atoms with Gasteiger partial charge in [-0.15, -0.1) is 5.10 Å². The molecule has 0 N–H and O–H groups in total. The summed E-state index contributed by atoms with van der Waals surface area (Å²) >= 11 is 0. The molecule has 1 atom stereocenters. The van der Waals surface area contributed by atoms with Crippen LogP contribution in [0, 0.1) is 11.3 Å². The molecule has 1 aliphatic heterocycles. The van der Waals surface area contributed by atoms with Gasteiger partial charge in [-0.1, -0.05) is 12.1 Å². The minimum absolute atomic E-state index is 0.0266. The minimum atomic E-state index is -2.95. The topological polar surface area (TPSA) is 105 Å². The molecule has 0 radical (unpaired) electrons. The van der Waals surface area contributed by atoms with Gasteiger partial charge in [-0.05, 0) is 31.2 Å². The zero-order chi connectivity index (χ0) is 20.7. The highest BCUT2D eigenvalue weighted by atomic mass is 19.3. The van der Waals surface area contributed by atoms with Crippen LogP contribution in [-0.2, 0) is 0 Å². The van der Waals surface area contributed by atoms with Crippen LogP contribution in [0.1, 0.15) is 57.4 Å². The normalized spacial score (nSPS) is 14.2. The van der Waals surface area contributed by atoms with Gasteiger partial charge >= 0.3 is 0 Å². The first-order valence-electron chi connectivity index (χ1n) is 8.50. The molecule has 3 heterocycles. The lowest BCUT2D eigenvalue weighted by Gasteiger charge is -2.22. The maximum atomic E-state index is 13.3. The van der Waals surface area contributed by atoms with E-state index in [2.05, 4.69) is 15.1 Å². The predicted molar refractivity (Wildman–Crippen MR) is 94.2 cm³/mol. The van der Waals surface area contributed by atoms with Crippen molar-refractivity contribution in [2.75, 3.05) is 0 Å². The van der Waals surface area contributed by atoms with E-state index in [-0.39, 0.29) is 28.3 Å². The van der Waals surface area contributed by atoms with E-state index in [1.165, 1.54) is 37.4 Å². The largest absolute Gasteiger partial charge is 0.299 e. The second-order valence-electron chi connectivity index (χ2n) is 6.26. The standard InChI is InChI=1S/C19H12F2N6O2/c1-10(26-18(28)13-4-2-3-5-14(13)19(26)29)17-24-16(15(20)21)25-27(17)12-7-6-11(8-22)23-9-12/h2-7,9-10,15H,1H3. The van der Waals surface area contributed by atoms with Crippen LogP contribution in [0.5, 0.6) is 0 Å². The van der Waals surface area contributed by atoms with Crippen LogP contribution in [0.2, 0.25) is 0 Å². The Labute approximate surface area is 163 Å². The highest BCUT2D eigenvalue weighted by molar-refractivity contribution is 6.21. The lowest BCUT2D eigenvalue weighted by molar-refractivity contribution is 0.0587. The van der Waals surface area contributed by atoms with Crippen LogP contribution in [0.4, 0.5) is 8.78 Å². The van der Waals surface area contributed by atoms with Crippen molar-refractivity contribution in [1.29, 1.82) is 5.26 Å². The van der Waals surface area contributed by atoms with Gasteiger partial charge in [0, 0.05) is 0 Å².